The van der Waals surface area contributed by atoms with Crippen molar-refractivity contribution >= 4 is 5.97 Å². The van der Waals surface area contributed by atoms with Crippen LogP contribution in [0.3, 0.4) is 0 Å². The monoisotopic (exact) mass is 530 g/mol. The van der Waals surface area contributed by atoms with Gasteiger partial charge in [-0.3, -0.25) is 0 Å². The van der Waals surface area contributed by atoms with Crippen LogP contribution in [0.1, 0.15) is 98.0 Å². The van der Waals surface area contributed by atoms with Crippen LogP contribution in [0.2, 0.25) is 0 Å². The predicted molar refractivity (Wildman–Crippen MR) is 140 cm³/mol. The van der Waals surface area contributed by atoms with Gasteiger partial charge in [-0.1, -0.05) is 18.2 Å². The Morgan fingerprint density at radius 2 is 1.55 bits per heavy atom. The third kappa shape index (κ3) is 6.60. The number of benzene rings is 2. The summed E-state index contributed by atoms with van der Waals surface area (Å²) < 4.78 is 55.5. The van der Waals surface area contributed by atoms with Crippen LogP contribution in [-0.4, -0.2) is 29.9 Å². The van der Waals surface area contributed by atoms with Crippen LogP contribution in [0.15, 0.2) is 43.0 Å². The van der Waals surface area contributed by atoms with Crippen molar-refractivity contribution in [2.45, 2.75) is 88.8 Å². The topological polar surface area (TPSA) is 55.8 Å². The zero-order valence-electron chi connectivity index (χ0n) is 21.9. The molecule has 2 fully saturated rings. The van der Waals surface area contributed by atoms with Gasteiger partial charge in [0.05, 0.1) is 18.3 Å². The molecule has 1 N–H and O–H groups in total. The van der Waals surface area contributed by atoms with Crippen molar-refractivity contribution in [2.24, 2.45) is 5.92 Å². The first-order valence-corrected chi connectivity index (χ1v) is 13.7. The molecule has 38 heavy (non-hydrogen) atoms. The van der Waals surface area contributed by atoms with E-state index in [2.05, 4.69) is 6.58 Å². The van der Waals surface area contributed by atoms with Gasteiger partial charge in [0.15, 0.2) is 23.2 Å². The molecule has 2 aliphatic carbocycles. The van der Waals surface area contributed by atoms with Crippen molar-refractivity contribution in [3.05, 3.63) is 77.1 Å². The highest BCUT2D eigenvalue weighted by molar-refractivity contribution is 5.89. The van der Waals surface area contributed by atoms with Crippen molar-refractivity contribution in [3.63, 3.8) is 0 Å². The summed E-state index contributed by atoms with van der Waals surface area (Å²) in [4.78, 5) is 12.6. The maximum Gasteiger partial charge on any atom is 0.338 e. The van der Waals surface area contributed by atoms with E-state index in [4.69, 9.17) is 9.47 Å². The highest BCUT2D eigenvalue weighted by Gasteiger charge is 2.31. The predicted octanol–water partition coefficient (Wildman–Crippen LogP) is 7.60. The first kappa shape index (κ1) is 28.2. The molecule has 0 amide bonds. The molecule has 1 unspecified atom stereocenters. The smallest absolute Gasteiger partial charge is 0.338 e. The van der Waals surface area contributed by atoms with Crippen LogP contribution in [-0.2, 0) is 4.74 Å². The van der Waals surface area contributed by atoms with E-state index in [0.717, 1.165) is 31.7 Å². The number of carbonyl (C=O) groups is 1. The largest absolute Gasteiger partial charge is 0.490 e. The van der Waals surface area contributed by atoms with Gasteiger partial charge in [-0.05, 0) is 112 Å². The summed E-state index contributed by atoms with van der Waals surface area (Å²) in [6.07, 6.45) is 6.82. The first-order chi connectivity index (χ1) is 18.3. The molecule has 0 aromatic heterocycles. The molecule has 1 atom stereocenters. The lowest BCUT2D eigenvalue weighted by Crippen LogP contribution is -2.25. The number of esters is 1. The fraction of sp³-hybridized carbons (Fsp3) is 0.516. The Morgan fingerprint density at radius 3 is 2.08 bits per heavy atom. The van der Waals surface area contributed by atoms with Gasteiger partial charge in [0.2, 0.25) is 0 Å². The second-order valence-electron chi connectivity index (χ2n) is 10.7. The third-order valence-electron chi connectivity index (χ3n) is 8.17. The summed E-state index contributed by atoms with van der Waals surface area (Å²) in [5.74, 6) is -2.66. The lowest BCUT2D eigenvalue weighted by atomic mass is 9.76. The van der Waals surface area contributed by atoms with E-state index in [1.165, 1.54) is 12.1 Å². The SMILES string of the molecule is C=CCCOc1ccc(C(=O)OC2CCC(c3ccc(C4CCC(C(C)O)CC4)c(F)c3F)CC2)cc1F. The molecule has 0 spiro atoms. The number of aliphatic hydroxyl groups is 1. The van der Waals surface area contributed by atoms with Crippen LogP contribution >= 0.6 is 0 Å². The second kappa shape index (κ2) is 12.8. The zero-order chi connectivity index (χ0) is 27.2. The maximum atomic E-state index is 15.2. The molecule has 0 radical (unpaired) electrons. The van der Waals surface area contributed by atoms with E-state index in [9.17, 15) is 14.3 Å². The van der Waals surface area contributed by atoms with Crippen molar-refractivity contribution in [1.82, 2.24) is 0 Å². The summed E-state index contributed by atoms with van der Waals surface area (Å²) in [6.45, 7) is 5.67. The highest BCUT2D eigenvalue weighted by atomic mass is 19.2. The summed E-state index contributed by atoms with van der Waals surface area (Å²) in [5.41, 5.74) is 0.914. The minimum absolute atomic E-state index is 0.0266. The van der Waals surface area contributed by atoms with Gasteiger partial charge in [-0.2, -0.15) is 0 Å². The van der Waals surface area contributed by atoms with Gasteiger partial charge in [-0.25, -0.2) is 18.0 Å². The minimum Gasteiger partial charge on any atom is -0.490 e. The van der Waals surface area contributed by atoms with Crippen LogP contribution in [0, 0.1) is 23.4 Å². The normalized spacial score (nSPS) is 24.4. The highest BCUT2D eigenvalue weighted by Crippen LogP contribution is 2.41. The number of aliphatic hydroxyl groups excluding tert-OH is 1. The Kier molecular flexibility index (Phi) is 9.53. The van der Waals surface area contributed by atoms with E-state index < -0.39 is 23.4 Å². The van der Waals surface area contributed by atoms with Crippen molar-refractivity contribution in [3.8, 4) is 5.75 Å². The van der Waals surface area contributed by atoms with Crippen molar-refractivity contribution in [2.75, 3.05) is 6.61 Å². The molecule has 2 aromatic rings. The van der Waals surface area contributed by atoms with Gasteiger partial charge in [0.25, 0.3) is 0 Å². The van der Waals surface area contributed by atoms with E-state index in [1.54, 1.807) is 25.1 Å². The van der Waals surface area contributed by atoms with E-state index >= 15 is 8.78 Å². The Hall–Kier alpha value is -2.80. The van der Waals surface area contributed by atoms with E-state index in [1.807, 2.05) is 0 Å². The molecule has 0 heterocycles. The van der Waals surface area contributed by atoms with Crippen LogP contribution < -0.4 is 4.74 Å². The number of hydrogen-bond acceptors (Lipinski definition) is 4. The Bertz CT molecular complexity index is 1120. The Morgan fingerprint density at radius 1 is 0.974 bits per heavy atom. The molecule has 4 rings (SSSR count). The number of rotatable bonds is 9. The van der Waals surface area contributed by atoms with Gasteiger partial charge in [-0.15, -0.1) is 6.58 Å². The van der Waals surface area contributed by atoms with E-state index in [0.29, 0.717) is 49.8 Å². The fourth-order valence-electron chi connectivity index (χ4n) is 5.83. The van der Waals surface area contributed by atoms with Crippen LogP contribution in [0.25, 0.3) is 0 Å². The number of hydrogen-bond donors (Lipinski definition) is 1. The van der Waals surface area contributed by atoms with Crippen molar-refractivity contribution in [1.29, 1.82) is 0 Å². The van der Waals surface area contributed by atoms with Crippen LogP contribution in [0.4, 0.5) is 13.2 Å². The quantitative estimate of drug-likeness (QED) is 0.206. The standard InChI is InChI=1S/C31H37F3O4/c1-3-4-17-37-28-16-11-23(18-27(28)32)31(36)38-24-12-9-22(10-13-24)26-15-14-25(29(33)30(26)34)21-7-5-20(6-8-21)19(2)35/h3,11,14-16,18-22,24,35H,1,4-10,12-13,17H2,2H3. The Labute approximate surface area is 222 Å². The number of ether oxygens (including phenoxy) is 2. The third-order valence-corrected chi connectivity index (χ3v) is 8.17. The summed E-state index contributed by atoms with van der Waals surface area (Å²) in [5, 5.41) is 9.81. The minimum atomic E-state index is -0.772. The first-order valence-electron chi connectivity index (χ1n) is 13.7. The summed E-state index contributed by atoms with van der Waals surface area (Å²) >= 11 is 0. The lowest BCUT2D eigenvalue weighted by molar-refractivity contribution is 0.0193. The van der Waals surface area contributed by atoms with E-state index in [-0.39, 0.29) is 41.3 Å². The van der Waals surface area contributed by atoms with Gasteiger partial charge < -0.3 is 14.6 Å². The Balaban J connectivity index is 1.31. The van der Waals surface area contributed by atoms with Gasteiger partial charge in [0.1, 0.15) is 6.10 Å². The zero-order valence-corrected chi connectivity index (χ0v) is 21.9. The van der Waals surface area contributed by atoms with Crippen LogP contribution in [0.5, 0.6) is 5.75 Å². The molecule has 0 aliphatic heterocycles. The summed E-state index contributed by atoms with van der Waals surface area (Å²) in [6, 6.07) is 7.43. The maximum absolute atomic E-state index is 15.2. The molecule has 2 aromatic carbocycles. The van der Waals surface area contributed by atoms with Crippen molar-refractivity contribution < 1.29 is 32.5 Å². The molecule has 0 bridgehead atoms. The molecule has 206 valence electrons. The molecule has 2 saturated carbocycles. The molecule has 7 heteroatoms. The molecular formula is C31H37F3O4. The molecule has 2 aliphatic rings. The average molecular weight is 531 g/mol. The fourth-order valence-corrected chi connectivity index (χ4v) is 5.83. The average Bonchev–Trinajstić information content (AvgIpc) is 2.92. The number of halogens is 3. The molecular weight excluding hydrogens is 493 g/mol. The number of carbonyl (C=O) groups excluding carboxylic acids is 1. The summed E-state index contributed by atoms with van der Waals surface area (Å²) in [7, 11) is 0. The lowest BCUT2D eigenvalue weighted by Gasteiger charge is -2.31. The van der Waals surface area contributed by atoms with Gasteiger partial charge >= 0.3 is 5.97 Å². The van der Waals surface area contributed by atoms with Gasteiger partial charge in [0, 0.05) is 0 Å². The molecule has 4 nitrogen and oxygen atoms in total. The molecule has 0 saturated heterocycles. The second-order valence-corrected chi connectivity index (χ2v) is 10.7.